The summed E-state index contributed by atoms with van der Waals surface area (Å²) in [5.41, 5.74) is -0.644. The third-order valence-corrected chi connectivity index (χ3v) is 3.46. The van der Waals surface area contributed by atoms with E-state index in [9.17, 15) is 9.90 Å². The lowest BCUT2D eigenvalue weighted by Crippen LogP contribution is -2.41. The fourth-order valence-corrected chi connectivity index (χ4v) is 2.37. The van der Waals surface area contributed by atoms with Gasteiger partial charge in [-0.25, -0.2) is 0 Å². The number of rotatable bonds is 7. The van der Waals surface area contributed by atoms with Crippen LogP contribution in [0.2, 0.25) is 0 Å². The van der Waals surface area contributed by atoms with E-state index in [1.54, 1.807) is 0 Å². The van der Waals surface area contributed by atoms with E-state index in [1.165, 1.54) is 0 Å². The molecule has 3 nitrogen and oxygen atoms in total. The Hall–Kier alpha value is -0.570. The van der Waals surface area contributed by atoms with Crippen LogP contribution in [0.3, 0.4) is 0 Å². The molecule has 0 aromatic carbocycles. The summed E-state index contributed by atoms with van der Waals surface area (Å²) in [6.07, 6.45) is 2.12. The van der Waals surface area contributed by atoms with E-state index >= 15 is 0 Å². The van der Waals surface area contributed by atoms with Crippen LogP contribution in [0.15, 0.2) is 0 Å². The van der Waals surface area contributed by atoms with Gasteiger partial charge in [-0.15, -0.1) is 0 Å². The molecule has 0 aliphatic carbocycles. The number of aliphatic hydroxyl groups excluding tert-OH is 1. The summed E-state index contributed by atoms with van der Waals surface area (Å²) in [7, 11) is 0. The molecule has 0 radical (unpaired) electrons. The van der Waals surface area contributed by atoms with Crippen molar-refractivity contribution in [1.82, 2.24) is 0 Å². The van der Waals surface area contributed by atoms with Crippen LogP contribution in [-0.4, -0.2) is 22.8 Å². The Morgan fingerprint density at radius 2 is 1.60 bits per heavy atom. The summed E-state index contributed by atoms with van der Waals surface area (Å²) in [5, 5.41) is 18.1. The van der Waals surface area contributed by atoms with Crippen LogP contribution in [0.25, 0.3) is 0 Å². The molecule has 0 saturated heterocycles. The van der Waals surface area contributed by atoms with E-state index in [0.29, 0.717) is 12.8 Å². The second-order valence-corrected chi connectivity index (χ2v) is 4.84. The minimum absolute atomic E-state index is 0.119. The van der Waals surface area contributed by atoms with Crippen molar-refractivity contribution >= 4 is 5.97 Å². The van der Waals surface area contributed by atoms with Gasteiger partial charge in [-0.3, -0.25) is 4.79 Å². The highest BCUT2D eigenvalue weighted by Gasteiger charge is 2.43. The van der Waals surface area contributed by atoms with Gasteiger partial charge in [-0.1, -0.05) is 34.1 Å². The van der Waals surface area contributed by atoms with Crippen LogP contribution in [0.1, 0.15) is 47.0 Å². The number of aliphatic hydroxyl groups is 1. The van der Waals surface area contributed by atoms with Gasteiger partial charge in [0.25, 0.3) is 0 Å². The van der Waals surface area contributed by atoms with Gasteiger partial charge >= 0.3 is 5.97 Å². The molecule has 0 fully saturated rings. The maximum Gasteiger partial charge on any atom is 0.310 e. The molecule has 0 rings (SSSR count). The molecule has 0 saturated carbocycles. The van der Waals surface area contributed by atoms with Crippen LogP contribution in [-0.2, 0) is 4.79 Å². The molecule has 0 aromatic heterocycles. The average molecular weight is 216 g/mol. The SMILES string of the molecule is CC(C)C(CCCCO)(C(=O)O)C(C)C. The lowest BCUT2D eigenvalue weighted by atomic mass is 9.66. The fourth-order valence-electron chi connectivity index (χ4n) is 2.37. The van der Waals surface area contributed by atoms with Crippen molar-refractivity contribution in [1.29, 1.82) is 0 Å². The Morgan fingerprint density at radius 1 is 1.13 bits per heavy atom. The summed E-state index contributed by atoms with van der Waals surface area (Å²) in [6.45, 7) is 8.01. The molecule has 2 N–H and O–H groups in total. The predicted molar refractivity (Wildman–Crippen MR) is 60.7 cm³/mol. The standard InChI is InChI=1S/C12H24O3/c1-9(2)12(10(3)4,11(14)15)7-5-6-8-13/h9-10,13H,5-8H2,1-4H3,(H,14,15). The molecule has 0 aliphatic heterocycles. The van der Waals surface area contributed by atoms with Gasteiger partial charge in [-0.2, -0.15) is 0 Å². The van der Waals surface area contributed by atoms with Crippen molar-refractivity contribution in [2.45, 2.75) is 47.0 Å². The number of aliphatic carboxylic acids is 1. The molecule has 90 valence electrons. The van der Waals surface area contributed by atoms with Gasteiger partial charge in [-0.05, 0) is 24.7 Å². The van der Waals surface area contributed by atoms with E-state index < -0.39 is 11.4 Å². The molecule has 0 heterocycles. The first kappa shape index (κ1) is 14.4. The van der Waals surface area contributed by atoms with Gasteiger partial charge in [0.1, 0.15) is 0 Å². The third-order valence-electron chi connectivity index (χ3n) is 3.46. The number of hydrogen-bond acceptors (Lipinski definition) is 2. The topological polar surface area (TPSA) is 57.5 Å². The van der Waals surface area contributed by atoms with Crippen LogP contribution in [0.4, 0.5) is 0 Å². The van der Waals surface area contributed by atoms with E-state index in [2.05, 4.69) is 0 Å². The number of carboxylic acid groups (broad SMARTS) is 1. The summed E-state index contributed by atoms with van der Waals surface area (Å²) in [4.78, 5) is 11.4. The summed E-state index contributed by atoms with van der Waals surface area (Å²) >= 11 is 0. The molecule has 3 heteroatoms. The van der Waals surface area contributed by atoms with Crippen molar-refractivity contribution in [3.8, 4) is 0 Å². The number of carboxylic acids is 1. The number of unbranched alkanes of at least 4 members (excludes halogenated alkanes) is 1. The molecule has 0 spiro atoms. The summed E-state index contributed by atoms with van der Waals surface area (Å²) < 4.78 is 0. The minimum atomic E-state index is -0.703. The number of hydrogen-bond donors (Lipinski definition) is 2. The van der Waals surface area contributed by atoms with Gasteiger partial charge in [0.2, 0.25) is 0 Å². The van der Waals surface area contributed by atoms with Gasteiger partial charge in [0.05, 0.1) is 5.41 Å². The van der Waals surface area contributed by atoms with E-state index in [-0.39, 0.29) is 18.4 Å². The van der Waals surface area contributed by atoms with E-state index in [4.69, 9.17) is 5.11 Å². The maximum absolute atomic E-state index is 11.4. The molecular weight excluding hydrogens is 192 g/mol. The molecule has 0 unspecified atom stereocenters. The molecule has 15 heavy (non-hydrogen) atoms. The quantitative estimate of drug-likeness (QED) is 0.643. The lowest BCUT2D eigenvalue weighted by molar-refractivity contribution is -0.156. The molecule has 0 aromatic rings. The van der Waals surface area contributed by atoms with Crippen molar-refractivity contribution in [2.24, 2.45) is 17.3 Å². The predicted octanol–water partition coefficient (Wildman–Crippen LogP) is 2.53. The van der Waals surface area contributed by atoms with Crippen molar-refractivity contribution in [2.75, 3.05) is 6.61 Å². The van der Waals surface area contributed by atoms with E-state index in [1.807, 2.05) is 27.7 Å². The first-order valence-electron chi connectivity index (χ1n) is 5.73. The fraction of sp³-hybridized carbons (Fsp3) is 0.917. The largest absolute Gasteiger partial charge is 0.481 e. The third kappa shape index (κ3) is 3.20. The maximum atomic E-state index is 11.4. The van der Waals surface area contributed by atoms with Crippen molar-refractivity contribution in [3.63, 3.8) is 0 Å². The highest BCUT2D eigenvalue weighted by Crippen LogP contribution is 2.41. The normalized spacial score (nSPS) is 12.5. The zero-order valence-electron chi connectivity index (χ0n) is 10.3. The van der Waals surface area contributed by atoms with Crippen LogP contribution < -0.4 is 0 Å². The van der Waals surface area contributed by atoms with Crippen LogP contribution in [0, 0.1) is 17.3 Å². The Kier molecular flexibility index (Phi) is 5.88. The molecule has 0 aliphatic rings. The second-order valence-electron chi connectivity index (χ2n) is 4.84. The Labute approximate surface area is 92.5 Å². The number of carbonyl (C=O) groups is 1. The second kappa shape index (κ2) is 6.11. The van der Waals surface area contributed by atoms with E-state index in [0.717, 1.165) is 6.42 Å². The molecular formula is C12H24O3. The van der Waals surface area contributed by atoms with Crippen molar-refractivity contribution in [3.05, 3.63) is 0 Å². The Balaban J connectivity index is 4.73. The van der Waals surface area contributed by atoms with Crippen LogP contribution >= 0.6 is 0 Å². The van der Waals surface area contributed by atoms with Gasteiger partial charge in [0, 0.05) is 6.61 Å². The summed E-state index contributed by atoms with van der Waals surface area (Å²) in [6, 6.07) is 0. The van der Waals surface area contributed by atoms with Crippen molar-refractivity contribution < 1.29 is 15.0 Å². The monoisotopic (exact) mass is 216 g/mol. The van der Waals surface area contributed by atoms with Crippen LogP contribution in [0.5, 0.6) is 0 Å². The van der Waals surface area contributed by atoms with Gasteiger partial charge in [0.15, 0.2) is 0 Å². The first-order valence-corrected chi connectivity index (χ1v) is 5.73. The average Bonchev–Trinajstić information content (AvgIpc) is 2.10. The lowest BCUT2D eigenvalue weighted by Gasteiger charge is -2.37. The Bertz CT molecular complexity index is 189. The zero-order chi connectivity index (χ0) is 12.1. The van der Waals surface area contributed by atoms with Gasteiger partial charge < -0.3 is 10.2 Å². The molecule has 0 atom stereocenters. The smallest absolute Gasteiger partial charge is 0.310 e. The molecule has 0 bridgehead atoms. The zero-order valence-corrected chi connectivity index (χ0v) is 10.3. The highest BCUT2D eigenvalue weighted by atomic mass is 16.4. The Morgan fingerprint density at radius 3 is 1.87 bits per heavy atom. The minimum Gasteiger partial charge on any atom is -0.481 e. The highest BCUT2D eigenvalue weighted by molar-refractivity contribution is 5.75. The first-order chi connectivity index (χ1) is 6.89. The molecule has 0 amide bonds. The summed E-state index contributed by atoms with van der Waals surface area (Å²) in [5.74, 6) is -0.465.